The summed E-state index contributed by atoms with van der Waals surface area (Å²) < 4.78 is 6.27. The molecule has 5 heteroatoms. The van der Waals surface area contributed by atoms with E-state index in [0.717, 1.165) is 37.4 Å². The summed E-state index contributed by atoms with van der Waals surface area (Å²) in [5.74, 6) is 2.89. The quantitative estimate of drug-likeness (QED) is 0.849. The van der Waals surface area contributed by atoms with Crippen molar-refractivity contribution < 1.29 is 9.53 Å². The van der Waals surface area contributed by atoms with Gasteiger partial charge in [0.05, 0.1) is 10.9 Å². The summed E-state index contributed by atoms with van der Waals surface area (Å²) >= 11 is 1.98. The lowest BCUT2D eigenvalue weighted by atomic mass is 9.91. The van der Waals surface area contributed by atoms with Crippen LogP contribution in [0.25, 0.3) is 0 Å². The molecule has 0 N–H and O–H groups in total. The van der Waals surface area contributed by atoms with Crippen LogP contribution in [0.15, 0.2) is 24.5 Å². The third kappa shape index (κ3) is 3.35. The van der Waals surface area contributed by atoms with Crippen LogP contribution in [-0.4, -0.2) is 45.5 Å². The number of pyridine rings is 1. The maximum Gasteiger partial charge on any atom is 0.222 e. The fraction of sp³-hybridized carbons (Fsp3) is 0.667. The molecule has 1 aromatic rings. The Morgan fingerprint density at radius 2 is 2.22 bits per heavy atom. The van der Waals surface area contributed by atoms with E-state index in [9.17, 15) is 4.79 Å². The van der Waals surface area contributed by atoms with Crippen LogP contribution in [0.4, 0.5) is 0 Å². The number of ether oxygens (including phenoxy) is 1. The highest BCUT2D eigenvalue weighted by molar-refractivity contribution is 8.01. The van der Waals surface area contributed by atoms with Gasteiger partial charge in [-0.25, -0.2) is 0 Å². The zero-order valence-corrected chi connectivity index (χ0v) is 14.3. The SMILES string of the molecule is O=C(CC1CCCC1)N1CC2(C[C@H](Oc3cccnc3)CS2)C1. The van der Waals surface area contributed by atoms with E-state index in [1.165, 1.54) is 25.7 Å². The van der Waals surface area contributed by atoms with Crippen molar-refractivity contribution in [2.75, 3.05) is 18.8 Å². The van der Waals surface area contributed by atoms with Crippen molar-refractivity contribution >= 4 is 17.7 Å². The van der Waals surface area contributed by atoms with E-state index in [1.807, 2.05) is 23.9 Å². The van der Waals surface area contributed by atoms with Gasteiger partial charge in [-0.15, -0.1) is 11.8 Å². The molecule has 1 aromatic heterocycles. The Balaban J connectivity index is 1.25. The summed E-state index contributed by atoms with van der Waals surface area (Å²) in [4.78, 5) is 18.5. The predicted molar refractivity (Wildman–Crippen MR) is 91.6 cm³/mol. The van der Waals surface area contributed by atoms with Crippen molar-refractivity contribution in [3.05, 3.63) is 24.5 Å². The molecule has 1 aliphatic carbocycles. The molecule has 3 fully saturated rings. The molecule has 2 saturated heterocycles. The molecule has 0 unspecified atom stereocenters. The predicted octanol–water partition coefficient (Wildman–Crippen LogP) is 3.13. The van der Waals surface area contributed by atoms with Crippen LogP contribution in [0, 0.1) is 5.92 Å². The van der Waals surface area contributed by atoms with E-state index in [-0.39, 0.29) is 10.9 Å². The fourth-order valence-electron chi connectivity index (χ4n) is 4.12. The monoisotopic (exact) mass is 332 g/mol. The van der Waals surface area contributed by atoms with Crippen molar-refractivity contribution in [2.45, 2.75) is 49.4 Å². The summed E-state index contributed by atoms with van der Waals surface area (Å²) in [5, 5.41) is 0. The molecule has 1 saturated carbocycles. The molecule has 0 bridgehead atoms. The van der Waals surface area contributed by atoms with Crippen LogP contribution in [0.2, 0.25) is 0 Å². The molecular formula is C18H24N2O2S. The molecule has 4 rings (SSSR count). The van der Waals surface area contributed by atoms with Crippen LogP contribution >= 0.6 is 11.8 Å². The average molecular weight is 332 g/mol. The standard InChI is InChI=1S/C18H24N2O2S/c21-17(8-14-4-1-2-5-14)20-12-18(13-20)9-16(11-23-18)22-15-6-3-7-19-10-15/h3,6-7,10,14,16H,1-2,4-5,8-9,11-13H2/t16-/m0/s1. The van der Waals surface area contributed by atoms with Crippen molar-refractivity contribution in [1.29, 1.82) is 0 Å². The number of rotatable bonds is 4. The smallest absolute Gasteiger partial charge is 0.222 e. The molecule has 2 aliphatic heterocycles. The van der Waals surface area contributed by atoms with E-state index in [0.29, 0.717) is 11.8 Å². The Bertz CT molecular complexity index is 553. The Morgan fingerprint density at radius 3 is 2.96 bits per heavy atom. The van der Waals surface area contributed by atoms with Gasteiger partial charge >= 0.3 is 0 Å². The largest absolute Gasteiger partial charge is 0.488 e. The molecule has 4 nitrogen and oxygen atoms in total. The van der Waals surface area contributed by atoms with Gasteiger partial charge < -0.3 is 9.64 Å². The minimum Gasteiger partial charge on any atom is -0.488 e. The molecule has 0 radical (unpaired) electrons. The zero-order valence-electron chi connectivity index (χ0n) is 13.4. The number of hydrogen-bond donors (Lipinski definition) is 0. The van der Waals surface area contributed by atoms with E-state index < -0.39 is 0 Å². The van der Waals surface area contributed by atoms with Crippen LogP contribution in [0.3, 0.4) is 0 Å². The zero-order chi connectivity index (χ0) is 15.7. The summed E-state index contributed by atoms with van der Waals surface area (Å²) in [6, 6.07) is 3.86. The first kappa shape index (κ1) is 15.3. The van der Waals surface area contributed by atoms with Gasteiger partial charge in [0.2, 0.25) is 5.91 Å². The van der Waals surface area contributed by atoms with Gasteiger partial charge in [-0.05, 0) is 30.9 Å². The lowest BCUT2D eigenvalue weighted by Gasteiger charge is -2.47. The number of likely N-dealkylation sites (tertiary alicyclic amines) is 1. The Morgan fingerprint density at radius 1 is 1.39 bits per heavy atom. The third-order valence-corrected chi connectivity index (χ3v) is 6.94. The summed E-state index contributed by atoms with van der Waals surface area (Å²) in [6.07, 6.45) is 10.7. The number of aromatic nitrogens is 1. The van der Waals surface area contributed by atoms with Crippen molar-refractivity contribution in [3.63, 3.8) is 0 Å². The van der Waals surface area contributed by atoms with Gasteiger partial charge in [-0.1, -0.05) is 12.8 Å². The fourth-order valence-corrected chi connectivity index (χ4v) is 5.65. The summed E-state index contributed by atoms with van der Waals surface area (Å²) in [5.41, 5.74) is 0. The van der Waals surface area contributed by atoms with Crippen molar-refractivity contribution in [1.82, 2.24) is 9.88 Å². The second kappa shape index (κ2) is 6.34. The van der Waals surface area contributed by atoms with Crippen molar-refractivity contribution in [3.8, 4) is 5.75 Å². The Hall–Kier alpha value is -1.23. The van der Waals surface area contributed by atoms with Gasteiger partial charge in [-0.2, -0.15) is 0 Å². The molecule has 3 aliphatic rings. The van der Waals surface area contributed by atoms with Crippen LogP contribution in [0.5, 0.6) is 5.75 Å². The first-order valence-corrected chi connectivity index (χ1v) is 9.69. The highest BCUT2D eigenvalue weighted by Gasteiger charge is 2.51. The van der Waals surface area contributed by atoms with Gasteiger partial charge in [0, 0.05) is 37.9 Å². The number of nitrogens with zero attached hydrogens (tertiary/aromatic N) is 2. The van der Waals surface area contributed by atoms with Crippen LogP contribution in [-0.2, 0) is 4.79 Å². The molecule has 1 atom stereocenters. The lowest BCUT2D eigenvalue weighted by molar-refractivity contribution is -0.137. The van der Waals surface area contributed by atoms with Crippen molar-refractivity contribution in [2.24, 2.45) is 5.92 Å². The first-order chi connectivity index (χ1) is 11.2. The third-order valence-electron chi connectivity index (χ3n) is 5.36. The Kier molecular flexibility index (Phi) is 4.22. The number of amides is 1. The average Bonchev–Trinajstić information content (AvgIpc) is 3.16. The number of hydrogen-bond acceptors (Lipinski definition) is 4. The molecule has 124 valence electrons. The van der Waals surface area contributed by atoms with Gasteiger partial charge in [0.25, 0.3) is 0 Å². The molecule has 1 amide bonds. The lowest BCUT2D eigenvalue weighted by Crippen LogP contribution is -2.61. The van der Waals surface area contributed by atoms with E-state index in [4.69, 9.17) is 4.74 Å². The number of carbonyl (C=O) groups excluding carboxylic acids is 1. The summed E-state index contributed by atoms with van der Waals surface area (Å²) in [7, 11) is 0. The normalized spacial score (nSPS) is 26.4. The van der Waals surface area contributed by atoms with Crippen LogP contribution in [0.1, 0.15) is 38.5 Å². The second-order valence-corrected chi connectivity index (χ2v) is 8.72. The molecule has 0 aromatic carbocycles. The molecule has 23 heavy (non-hydrogen) atoms. The van der Waals surface area contributed by atoms with E-state index in [1.54, 1.807) is 12.4 Å². The van der Waals surface area contributed by atoms with E-state index >= 15 is 0 Å². The first-order valence-electron chi connectivity index (χ1n) is 8.71. The van der Waals surface area contributed by atoms with Gasteiger partial charge in [0.15, 0.2) is 0 Å². The maximum absolute atomic E-state index is 12.4. The van der Waals surface area contributed by atoms with Crippen LogP contribution < -0.4 is 4.74 Å². The topological polar surface area (TPSA) is 42.4 Å². The minimum absolute atomic E-state index is 0.247. The maximum atomic E-state index is 12.4. The summed E-state index contributed by atoms with van der Waals surface area (Å²) in [6.45, 7) is 1.83. The van der Waals surface area contributed by atoms with Gasteiger partial charge in [-0.3, -0.25) is 9.78 Å². The Labute approximate surface area is 142 Å². The minimum atomic E-state index is 0.247. The highest BCUT2D eigenvalue weighted by atomic mass is 32.2. The van der Waals surface area contributed by atoms with E-state index in [2.05, 4.69) is 9.88 Å². The highest BCUT2D eigenvalue weighted by Crippen LogP contribution is 2.46. The van der Waals surface area contributed by atoms with Gasteiger partial charge in [0.1, 0.15) is 11.9 Å². The number of carbonyl (C=O) groups is 1. The number of thioether (sulfide) groups is 1. The molecule has 1 spiro atoms. The second-order valence-electron chi connectivity index (χ2n) is 7.23. The molecule has 3 heterocycles. The molecular weight excluding hydrogens is 308 g/mol.